The van der Waals surface area contributed by atoms with Crippen molar-refractivity contribution in [1.82, 2.24) is 0 Å². The van der Waals surface area contributed by atoms with Crippen LogP contribution in [0, 0.1) is 11.3 Å². The first-order valence-electron chi connectivity index (χ1n) is 5.55. The van der Waals surface area contributed by atoms with Gasteiger partial charge in [-0.25, -0.2) is 0 Å². The van der Waals surface area contributed by atoms with E-state index in [1.807, 2.05) is 37.3 Å². The first kappa shape index (κ1) is 11.9. The fourth-order valence-corrected chi connectivity index (χ4v) is 1.88. The Morgan fingerprint density at radius 3 is 2.50 bits per heavy atom. The molecule has 1 aliphatic rings. The van der Waals surface area contributed by atoms with Gasteiger partial charge in [-0.2, -0.15) is 5.26 Å². The van der Waals surface area contributed by atoms with Gasteiger partial charge in [0.1, 0.15) is 11.8 Å². The molecule has 0 amide bonds. The van der Waals surface area contributed by atoms with Crippen LogP contribution in [0.1, 0.15) is 12.5 Å². The molecule has 3 heteroatoms. The highest BCUT2D eigenvalue weighted by atomic mass is 16.4. The molecular formula is C15H12N2O. The van der Waals surface area contributed by atoms with E-state index in [1.54, 1.807) is 18.2 Å². The van der Waals surface area contributed by atoms with Gasteiger partial charge in [0, 0.05) is 0 Å². The van der Waals surface area contributed by atoms with Crippen LogP contribution in [-0.2, 0) is 0 Å². The summed E-state index contributed by atoms with van der Waals surface area (Å²) in [5, 5.41) is 21.2. The summed E-state index contributed by atoms with van der Waals surface area (Å²) >= 11 is 0. The number of allylic oxidation sites excluding steroid dienone is 6. The number of nitrogens with zero attached hydrogens (tertiary/aromatic N) is 2. The molecule has 3 nitrogen and oxygen atoms in total. The van der Waals surface area contributed by atoms with Crippen LogP contribution in [0.5, 0.6) is 0 Å². The SMILES string of the molecule is CC1=CC(=N\O)/C=CC/1=C(\C#N)c1ccccc1. The highest BCUT2D eigenvalue weighted by Gasteiger charge is 2.12. The zero-order chi connectivity index (χ0) is 13.0. The van der Waals surface area contributed by atoms with Gasteiger partial charge < -0.3 is 5.21 Å². The average molecular weight is 236 g/mol. The second kappa shape index (κ2) is 5.15. The fraction of sp³-hybridized carbons (Fsp3) is 0.0667. The summed E-state index contributed by atoms with van der Waals surface area (Å²) in [5.74, 6) is 0. The third-order valence-corrected chi connectivity index (χ3v) is 2.77. The van der Waals surface area contributed by atoms with Gasteiger partial charge in [0.15, 0.2) is 0 Å². The van der Waals surface area contributed by atoms with E-state index in [1.165, 1.54) is 0 Å². The summed E-state index contributed by atoms with van der Waals surface area (Å²) in [6, 6.07) is 11.8. The van der Waals surface area contributed by atoms with Crippen LogP contribution >= 0.6 is 0 Å². The third-order valence-electron chi connectivity index (χ3n) is 2.77. The summed E-state index contributed by atoms with van der Waals surface area (Å²) in [6.45, 7) is 1.89. The van der Waals surface area contributed by atoms with Crippen molar-refractivity contribution in [3.8, 4) is 6.07 Å². The predicted molar refractivity (Wildman–Crippen MR) is 71.1 cm³/mol. The zero-order valence-electron chi connectivity index (χ0n) is 9.96. The zero-order valence-corrected chi connectivity index (χ0v) is 9.96. The van der Waals surface area contributed by atoms with Crippen molar-refractivity contribution in [3.05, 3.63) is 65.3 Å². The highest BCUT2D eigenvalue weighted by molar-refractivity contribution is 6.07. The molecule has 0 fully saturated rings. The topological polar surface area (TPSA) is 56.4 Å². The molecule has 0 bridgehead atoms. The van der Waals surface area contributed by atoms with Gasteiger partial charge in [0.05, 0.1) is 5.57 Å². The van der Waals surface area contributed by atoms with Crippen LogP contribution in [0.3, 0.4) is 0 Å². The number of rotatable bonds is 1. The van der Waals surface area contributed by atoms with Crippen molar-refractivity contribution in [3.63, 3.8) is 0 Å². The first-order chi connectivity index (χ1) is 8.76. The van der Waals surface area contributed by atoms with Gasteiger partial charge in [-0.1, -0.05) is 41.6 Å². The van der Waals surface area contributed by atoms with E-state index in [4.69, 9.17) is 5.21 Å². The van der Waals surface area contributed by atoms with Crippen LogP contribution in [0.4, 0.5) is 0 Å². The summed E-state index contributed by atoms with van der Waals surface area (Å²) in [4.78, 5) is 0. The fourth-order valence-electron chi connectivity index (χ4n) is 1.88. The molecule has 0 aromatic heterocycles. The van der Waals surface area contributed by atoms with E-state index >= 15 is 0 Å². The Balaban J connectivity index is 2.55. The lowest BCUT2D eigenvalue weighted by Crippen LogP contribution is -2.00. The molecule has 0 radical (unpaired) electrons. The Hall–Kier alpha value is -2.60. The molecule has 0 saturated heterocycles. The molecular weight excluding hydrogens is 224 g/mol. The summed E-state index contributed by atoms with van der Waals surface area (Å²) < 4.78 is 0. The Bertz CT molecular complexity index is 614. The molecule has 88 valence electrons. The lowest BCUT2D eigenvalue weighted by atomic mass is 9.92. The van der Waals surface area contributed by atoms with Crippen molar-refractivity contribution in [2.45, 2.75) is 6.92 Å². The Labute approximate surface area is 106 Å². The largest absolute Gasteiger partial charge is 0.410 e. The van der Waals surface area contributed by atoms with Crippen LogP contribution in [0.15, 0.2) is 64.9 Å². The Morgan fingerprint density at radius 1 is 1.22 bits per heavy atom. The smallest absolute Gasteiger partial charge is 0.102 e. The average Bonchev–Trinajstić information content (AvgIpc) is 2.42. The number of benzene rings is 1. The standard InChI is InChI=1S/C15H12N2O/c1-11-9-13(17-18)7-8-14(11)15(10-16)12-5-3-2-4-6-12/h2-9,18H,1H3/b15-14-,17-13-. The Morgan fingerprint density at radius 2 is 1.94 bits per heavy atom. The van der Waals surface area contributed by atoms with E-state index in [0.29, 0.717) is 11.3 Å². The minimum atomic E-state index is 0.488. The molecule has 0 spiro atoms. The molecule has 0 saturated carbocycles. The molecule has 1 aromatic rings. The summed E-state index contributed by atoms with van der Waals surface area (Å²) in [6.07, 6.45) is 5.23. The molecule has 0 heterocycles. The molecule has 1 aliphatic carbocycles. The van der Waals surface area contributed by atoms with Gasteiger partial charge in [-0.05, 0) is 35.8 Å². The maximum atomic E-state index is 9.32. The highest BCUT2D eigenvalue weighted by Crippen LogP contribution is 2.26. The molecule has 2 rings (SSSR count). The number of nitriles is 1. The van der Waals surface area contributed by atoms with Crippen molar-refractivity contribution in [2.24, 2.45) is 5.16 Å². The minimum absolute atomic E-state index is 0.488. The van der Waals surface area contributed by atoms with Gasteiger partial charge in [-0.15, -0.1) is 0 Å². The van der Waals surface area contributed by atoms with Crippen LogP contribution in [0.2, 0.25) is 0 Å². The predicted octanol–water partition coefficient (Wildman–Crippen LogP) is 3.31. The molecule has 18 heavy (non-hydrogen) atoms. The maximum absolute atomic E-state index is 9.32. The monoisotopic (exact) mass is 236 g/mol. The molecule has 0 aliphatic heterocycles. The van der Waals surface area contributed by atoms with Crippen LogP contribution < -0.4 is 0 Å². The summed E-state index contributed by atoms with van der Waals surface area (Å²) in [7, 11) is 0. The number of hydrogen-bond acceptors (Lipinski definition) is 3. The van der Waals surface area contributed by atoms with Crippen molar-refractivity contribution >= 4 is 11.3 Å². The molecule has 1 N–H and O–H groups in total. The second-order valence-electron chi connectivity index (χ2n) is 3.95. The molecule has 0 atom stereocenters. The molecule has 0 unspecified atom stereocenters. The first-order valence-corrected chi connectivity index (χ1v) is 5.55. The van der Waals surface area contributed by atoms with E-state index in [0.717, 1.165) is 16.7 Å². The van der Waals surface area contributed by atoms with Crippen molar-refractivity contribution < 1.29 is 5.21 Å². The van der Waals surface area contributed by atoms with E-state index in [9.17, 15) is 5.26 Å². The van der Waals surface area contributed by atoms with Gasteiger partial charge in [-0.3, -0.25) is 0 Å². The van der Waals surface area contributed by atoms with E-state index in [2.05, 4.69) is 11.2 Å². The van der Waals surface area contributed by atoms with Gasteiger partial charge >= 0.3 is 0 Å². The van der Waals surface area contributed by atoms with Gasteiger partial charge in [0.2, 0.25) is 0 Å². The van der Waals surface area contributed by atoms with Crippen molar-refractivity contribution in [1.29, 1.82) is 5.26 Å². The van der Waals surface area contributed by atoms with E-state index < -0.39 is 0 Å². The lowest BCUT2D eigenvalue weighted by Gasteiger charge is -2.11. The number of hydrogen-bond donors (Lipinski definition) is 1. The van der Waals surface area contributed by atoms with E-state index in [-0.39, 0.29) is 0 Å². The van der Waals surface area contributed by atoms with Crippen LogP contribution in [-0.4, -0.2) is 10.9 Å². The quantitative estimate of drug-likeness (QED) is 0.462. The lowest BCUT2D eigenvalue weighted by molar-refractivity contribution is 0.320. The third kappa shape index (κ3) is 2.23. The number of oxime groups is 1. The second-order valence-corrected chi connectivity index (χ2v) is 3.95. The maximum Gasteiger partial charge on any atom is 0.102 e. The van der Waals surface area contributed by atoms with Crippen LogP contribution in [0.25, 0.3) is 5.57 Å². The summed E-state index contributed by atoms with van der Waals surface area (Å²) in [5.41, 5.74) is 3.76. The van der Waals surface area contributed by atoms with Gasteiger partial charge in [0.25, 0.3) is 0 Å². The van der Waals surface area contributed by atoms with Crippen molar-refractivity contribution in [2.75, 3.05) is 0 Å². The minimum Gasteiger partial charge on any atom is -0.410 e. The normalized spacial score (nSPS) is 19.3. The Kier molecular flexibility index (Phi) is 3.40. The molecule has 1 aromatic carbocycles.